The molecule has 1 aromatic heterocycles. The lowest BCUT2D eigenvalue weighted by atomic mass is 9.95. The van der Waals surface area contributed by atoms with E-state index in [4.69, 9.17) is 0 Å². The smallest absolute Gasteiger partial charge is 0.127 e. The minimum absolute atomic E-state index is 0.0449. The molecule has 2 nitrogen and oxygen atoms in total. The summed E-state index contributed by atoms with van der Waals surface area (Å²) in [7, 11) is 0. The fourth-order valence-electron chi connectivity index (χ4n) is 2.48. The van der Waals surface area contributed by atoms with E-state index < -0.39 is 0 Å². The number of nitrogens with one attached hydrogen (secondary N) is 1. The van der Waals surface area contributed by atoms with Crippen molar-refractivity contribution >= 4 is 5.82 Å². The van der Waals surface area contributed by atoms with Crippen LogP contribution in [0.1, 0.15) is 24.1 Å². The Kier molecular flexibility index (Phi) is 2.97. The van der Waals surface area contributed by atoms with Gasteiger partial charge in [-0.3, -0.25) is 0 Å². The molecule has 0 unspecified atom stereocenters. The number of nitrogens with zero attached hydrogens (tertiary/aromatic N) is 1. The van der Waals surface area contributed by atoms with Gasteiger partial charge in [-0.25, -0.2) is 9.37 Å². The third-order valence-electron chi connectivity index (χ3n) is 3.79. The maximum absolute atomic E-state index is 13.9. The zero-order valence-corrected chi connectivity index (χ0v) is 11.0. The third kappa shape index (κ3) is 2.46. The Morgan fingerprint density at radius 2 is 1.95 bits per heavy atom. The Balaban J connectivity index is 1.75. The molecule has 3 rings (SSSR count). The van der Waals surface area contributed by atoms with Gasteiger partial charge in [0.05, 0.1) is 0 Å². The molecule has 1 aromatic carbocycles. The third-order valence-corrected chi connectivity index (χ3v) is 3.79. The molecular weight excluding hydrogens is 239 g/mol. The van der Waals surface area contributed by atoms with Crippen molar-refractivity contribution in [3.8, 4) is 0 Å². The number of hydrogen-bond donors (Lipinski definition) is 1. The zero-order valence-electron chi connectivity index (χ0n) is 11.0. The fraction of sp³-hybridized carbons (Fsp3) is 0.312. The van der Waals surface area contributed by atoms with Gasteiger partial charge in [-0.1, -0.05) is 24.3 Å². The molecule has 1 aliphatic carbocycles. The van der Waals surface area contributed by atoms with Crippen LogP contribution >= 0.6 is 0 Å². The van der Waals surface area contributed by atoms with Crippen LogP contribution in [0.5, 0.6) is 0 Å². The van der Waals surface area contributed by atoms with Gasteiger partial charge in [-0.05, 0) is 43.5 Å². The van der Waals surface area contributed by atoms with Gasteiger partial charge in [-0.2, -0.15) is 0 Å². The van der Waals surface area contributed by atoms with Gasteiger partial charge in [0.1, 0.15) is 11.6 Å². The molecule has 1 N–H and O–H groups in total. The Labute approximate surface area is 112 Å². The van der Waals surface area contributed by atoms with Crippen molar-refractivity contribution in [1.29, 1.82) is 0 Å². The quantitative estimate of drug-likeness (QED) is 0.902. The van der Waals surface area contributed by atoms with E-state index >= 15 is 0 Å². The number of benzene rings is 1. The van der Waals surface area contributed by atoms with Crippen LogP contribution in [0.25, 0.3) is 0 Å². The average Bonchev–Trinajstić information content (AvgIpc) is 3.18. The molecule has 0 aliphatic heterocycles. The summed E-state index contributed by atoms with van der Waals surface area (Å²) in [6.45, 7) is 2.71. The van der Waals surface area contributed by atoms with Crippen molar-refractivity contribution in [1.82, 2.24) is 4.98 Å². The number of hydrogen-bond acceptors (Lipinski definition) is 2. The summed E-state index contributed by atoms with van der Waals surface area (Å²) in [5.41, 5.74) is 1.77. The van der Waals surface area contributed by atoms with Gasteiger partial charge in [0.2, 0.25) is 0 Å². The largest absolute Gasteiger partial charge is 0.369 e. The van der Waals surface area contributed by atoms with Crippen molar-refractivity contribution < 1.29 is 4.39 Å². The molecule has 1 aliphatic rings. The van der Waals surface area contributed by atoms with Gasteiger partial charge in [-0.15, -0.1) is 0 Å². The molecule has 0 spiro atoms. The van der Waals surface area contributed by atoms with Gasteiger partial charge in [0, 0.05) is 17.7 Å². The molecule has 2 aromatic rings. The fourth-order valence-corrected chi connectivity index (χ4v) is 2.48. The van der Waals surface area contributed by atoms with Crippen LogP contribution in [0, 0.1) is 12.7 Å². The predicted octanol–water partition coefficient (Wildman–Crippen LogP) is 3.67. The Morgan fingerprint density at radius 1 is 1.16 bits per heavy atom. The number of anilines is 1. The van der Waals surface area contributed by atoms with E-state index in [-0.39, 0.29) is 11.2 Å². The van der Waals surface area contributed by atoms with Crippen molar-refractivity contribution in [2.24, 2.45) is 0 Å². The molecule has 3 heteroatoms. The van der Waals surface area contributed by atoms with Crippen LogP contribution in [0.4, 0.5) is 10.2 Å². The second-order valence-electron chi connectivity index (χ2n) is 5.28. The first-order valence-corrected chi connectivity index (χ1v) is 6.62. The van der Waals surface area contributed by atoms with E-state index in [1.807, 2.05) is 37.3 Å². The summed E-state index contributed by atoms with van der Waals surface area (Å²) in [6, 6.07) is 13.0. The van der Waals surface area contributed by atoms with E-state index in [0.29, 0.717) is 0 Å². The molecule has 0 radical (unpaired) electrons. The number of rotatable bonds is 4. The second-order valence-corrected chi connectivity index (χ2v) is 5.28. The minimum atomic E-state index is -0.0981. The highest BCUT2D eigenvalue weighted by molar-refractivity contribution is 5.40. The summed E-state index contributed by atoms with van der Waals surface area (Å²) in [5.74, 6) is 0.765. The molecule has 98 valence electrons. The molecule has 19 heavy (non-hydrogen) atoms. The monoisotopic (exact) mass is 256 g/mol. The van der Waals surface area contributed by atoms with E-state index in [1.54, 1.807) is 12.1 Å². The highest BCUT2D eigenvalue weighted by Crippen LogP contribution is 2.48. The maximum Gasteiger partial charge on any atom is 0.127 e. The number of halogens is 1. The van der Waals surface area contributed by atoms with Crippen LogP contribution < -0.4 is 5.32 Å². The van der Waals surface area contributed by atoms with Crippen molar-refractivity contribution in [2.45, 2.75) is 25.2 Å². The predicted molar refractivity (Wildman–Crippen MR) is 74.8 cm³/mol. The SMILES string of the molecule is Cc1cccc(NCC2(c3ccccc3F)CC2)n1. The van der Waals surface area contributed by atoms with E-state index in [0.717, 1.165) is 36.5 Å². The Bertz CT molecular complexity index is 591. The highest BCUT2D eigenvalue weighted by Gasteiger charge is 2.45. The lowest BCUT2D eigenvalue weighted by Gasteiger charge is -2.17. The van der Waals surface area contributed by atoms with Crippen LogP contribution in [0.3, 0.4) is 0 Å². The normalized spacial score (nSPS) is 16.1. The van der Waals surface area contributed by atoms with Crippen molar-refractivity contribution in [3.63, 3.8) is 0 Å². The second kappa shape index (κ2) is 4.65. The van der Waals surface area contributed by atoms with E-state index in [9.17, 15) is 4.39 Å². The molecule has 0 saturated heterocycles. The van der Waals surface area contributed by atoms with E-state index in [1.165, 1.54) is 0 Å². The molecule has 0 bridgehead atoms. The van der Waals surface area contributed by atoms with Crippen molar-refractivity contribution in [3.05, 3.63) is 59.5 Å². The topological polar surface area (TPSA) is 24.9 Å². The van der Waals surface area contributed by atoms with Gasteiger partial charge >= 0.3 is 0 Å². The highest BCUT2D eigenvalue weighted by atomic mass is 19.1. The summed E-state index contributed by atoms with van der Waals surface area (Å²) in [4.78, 5) is 4.42. The van der Waals surface area contributed by atoms with Gasteiger partial charge in [0.15, 0.2) is 0 Å². The summed E-state index contributed by atoms with van der Waals surface area (Å²) in [6.07, 6.45) is 2.07. The zero-order chi connectivity index (χ0) is 13.3. The number of aromatic nitrogens is 1. The first-order valence-electron chi connectivity index (χ1n) is 6.62. The van der Waals surface area contributed by atoms with Gasteiger partial charge < -0.3 is 5.32 Å². The molecule has 1 fully saturated rings. The first kappa shape index (κ1) is 12.2. The van der Waals surface area contributed by atoms with Crippen LogP contribution in [0.15, 0.2) is 42.5 Å². The number of aryl methyl sites for hydroxylation is 1. The van der Waals surface area contributed by atoms with Crippen LogP contribution in [0.2, 0.25) is 0 Å². The molecular formula is C16H17FN2. The molecule has 1 saturated carbocycles. The Hall–Kier alpha value is -1.90. The maximum atomic E-state index is 13.9. The van der Waals surface area contributed by atoms with E-state index in [2.05, 4.69) is 10.3 Å². The lowest BCUT2D eigenvalue weighted by Crippen LogP contribution is -2.21. The molecule has 0 amide bonds. The first-order chi connectivity index (χ1) is 9.20. The Morgan fingerprint density at radius 3 is 2.63 bits per heavy atom. The number of pyridine rings is 1. The molecule has 0 atom stereocenters. The molecule has 1 heterocycles. The minimum Gasteiger partial charge on any atom is -0.369 e. The van der Waals surface area contributed by atoms with Crippen LogP contribution in [-0.4, -0.2) is 11.5 Å². The average molecular weight is 256 g/mol. The summed E-state index contributed by atoms with van der Waals surface area (Å²) < 4.78 is 13.9. The van der Waals surface area contributed by atoms with Crippen molar-refractivity contribution in [2.75, 3.05) is 11.9 Å². The summed E-state index contributed by atoms with van der Waals surface area (Å²) >= 11 is 0. The van der Waals surface area contributed by atoms with Crippen LogP contribution in [-0.2, 0) is 5.41 Å². The van der Waals surface area contributed by atoms with Gasteiger partial charge in [0.25, 0.3) is 0 Å². The lowest BCUT2D eigenvalue weighted by molar-refractivity contribution is 0.578. The standard InChI is InChI=1S/C16H17FN2/c1-12-5-4-8-15(19-12)18-11-16(9-10-16)13-6-2-3-7-14(13)17/h2-8H,9-11H2,1H3,(H,18,19). The summed E-state index contributed by atoms with van der Waals surface area (Å²) in [5, 5.41) is 3.34.